The van der Waals surface area contributed by atoms with Crippen LogP contribution in [0.2, 0.25) is 0 Å². The van der Waals surface area contributed by atoms with Crippen molar-refractivity contribution in [2.75, 3.05) is 6.61 Å². The second-order valence-electron chi connectivity index (χ2n) is 11.9. The summed E-state index contributed by atoms with van der Waals surface area (Å²) in [5, 5.41) is 3.01. The first-order valence-electron chi connectivity index (χ1n) is 16.0. The number of imidazole rings is 1. The predicted octanol–water partition coefficient (Wildman–Crippen LogP) is 5.50. The number of hydrogen-bond donors (Lipinski definition) is 1. The molecule has 12 heteroatoms. The van der Waals surface area contributed by atoms with Gasteiger partial charge in [-0.05, 0) is 73.5 Å². The Balaban J connectivity index is 1.38. The van der Waals surface area contributed by atoms with Crippen molar-refractivity contribution in [3.63, 3.8) is 0 Å². The van der Waals surface area contributed by atoms with E-state index < -0.39 is 11.6 Å². The van der Waals surface area contributed by atoms with Crippen LogP contribution < -0.4 is 15.7 Å². The second kappa shape index (κ2) is 14.4. The number of Topliss-reactive ketones (excluding diaryl/α,β-unsaturated/α-hetero) is 1. The lowest BCUT2D eigenvalue weighted by Gasteiger charge is -2.34. The number of fused-ring (bicyclic) bond motifs is 1. The number of hydrogen-bond acceptors (Lipinski definition) is 7. The molecule has 49 heavy (non-hydrogen) atoms. The van der Waals surface area contributed by atoms with Crippen molar-refractivity contribution < 1.29 is 19.1 Å². The van der Waals surface area contributed by atoms with Gasteiger partial charge in [-0.15, -0.1) is 0 Å². The molecule has 2 aromatic heterocycles. The van der Waals surface area contributed by atoms with E-state index in [1.807, 2.05) is 50.2 Å². The van der Waals surface area contributed by atoms with Gasteiger partial charge in [0.2, 0.25) is 0 Å². The summed E-state index contributed by atoms with van der Waals surface area (Å²) in [4.78, 5) is 64.4. The summed E-state index contributed by atoms with van der Waals surface area (Å²) in [5.74, 6) is 0.278. The largest absolute Gasteiger partial charge is 0.486 e. The number of aryl methyl sites for hydroxylation is 1. The van der Waals surface area contributed by atoms with E-state index in [1.54, 1.807) is 65.2 Å². The lowest BCUT2D eigenvalue weighted by atomic mass is 10.1. The second-order valence-corrected chi connectivity index (χ2v) is 12.7. The number of benzene rings is 3. The van der Waals surface area contributed by atoms with Gasteiger partial charge in [0.15, 0.2) is 11.6 Å². The van der Waals surface area contributed by atoms with Crippen LogP contribution in [-0.4, -0.2) is 54.2 Å². The number of ketones is 1. The van der Waals surface area contributed by atoms with Crippen molar-refractivity contribution in [2.45, 2.75) is 52.9 Å². The maximum absolute atomic E-state index is 14.2. The van der Waals surface area contributed by atoms with Crippen molar-refractivity contribution in [1.82, 2.24) is 29.3 Å². The van der Waals surface area contributed by atoms with Gasteiger partial charge in [-0.2, -0.15) is 0 Å². The van der Waals surface area contributed by atoms with Crippen LogP contribution in [0.1, 0.15) is 57.9 Å². The summed E-state index contributed by atoms with van der Waals surface area (Å²) in [5.41, 5.74) is 3.61. The first kappa shape index (κ1) is 33.5. The Kier molecular flexibility index (Phi) is 9.86. The van der Waals surface area contributed by atoms with Crippen LogP contribution in [0.3, 0.4) is 0 Å². The third-order valence-corrected chi connectivity index (χ3v) is 9.47. The number of nitrogens with zero attached hydrogens (tertiary/aromatic N) is 5. The molecule has 1 atom stereocenters. The number of rotatable bonds is 10. The topological polar surface area (TPSA) is 128 Å². The minimum atomic E-state index is -0.482. The normalized spacial score (nSPS) is 13.9. The van der Waals surface area contributed by atoms with Gasteiger partial charge in [-0.3, -0.25) is 23.5 Å². The molecular formula is C37H35BrN6O5. The molecule has 3 heterocycles. The van der Waals surface area contributed by atoms with Crippen LogP contribution >= 0.6 is 15.9 Å². The maximum atomic E-state index is 14.2. The van der Waals surface area contributed by atoms with Crippen LogP contribution in [0, 0.1) is 6.92 Å². The molecule has 0 saturated heterocycles. The van der Waals surface area contributed by atoms with Crippen LogP contribution in [0.4, 0.5) is 0 Å². The highest BCUT2D eigenvalue weighted by atomic mass is 79.9. The van der Waals surface area contributed by atoms with Crippen molar-refractivity contribution in [3.05, 3.63) is 128 Å². The lowest BCUT2D eigenvalue weighted by molar-refractivity contribution is -0.120. The SMILES string of the molecule is CCC(=O)COc1ccc(-n2c(C(=O)NCc3ccccc3-c3ncccn3)c3n(c2=O)CC(C)N(C(=O)c2ccc(Br)c(C)c2)C3)cc1. The fourth-order valence-electron chi connectivity index (χ4n) is 5.85. The number of amides is 2. The predicted molar refractivity (Wildman–Crippen MR) is 188 cm³/mol. The van der Waals surface area contributed by atoms with Crippen molar-refractivity contribution in [2.24, 2.45) is 0 Å². The molecule has 250 valence electrons. The Morgan fingerprint density at radius 3 is 2.45 bits per heavy atom. The number of ether oxygens (including phenoxy) is 1. The van der Waals surface area contributed by atoms with E-state index in [1.165, 1.54) is 4.57 Å². The van der Waals surface area contributed by atoms with Gasteiger partial charge in [0.1, 0.15) is 18.1 Å². The van der Waals surface area contributed by atoms with Gasteiger partial charge < -0.3 is 15.0 Å². The van der Waals surface area contributed by atoms with E-state index in [4.69, 9.17) is 4.74 Å². The number of nitrogens with one attached hydrogen (secondary N) is 1. The van der Waals surface area contributed by atoms with Gasteiger partial charge in [0, 0.05) is 53.5 Å². The smallest absolute Gasteiger partial charge is 0.333 e. The molecule has 6 rings (SSSR count). The third kappa shape index (κ3) is 6.95. The van der Waals surface area contributed by atoms with Gasteiger partial charge in [-0.25, -0.2) is 14.8 Å². The van der Waals surface area contributed by atoms with E-state index in [0.717, 1.165) is 21.2 Å². The van der Waals surface area contributed by atoms with Crippen LogP contribution in [-0.2, 0) is 24.4 Å². The number of aromatic nitrogens is 4. The minimum Gasteiger partial charge on any atom is -0.486 e. The zero-order valence-corrected chi connectivity index (χ0v) is 28.9. The third-order valence-electron chi connectivity index (χ3n) is 8.58. The van der Waals surface area contributed by atoms with Crippen LogP contribution in [0.15, 0.2) is 94.5 Å². The Labute approximate surface area is 291 Å². The molecule has 2 amide bonds. The van der Waals surface area contributed by atoms with Gasteiger partial charge >= 0.3 is 5.69 Å². The molecule has 11 nitrogen and oxygen atoms in total. The average Bonchev–Trinajstić information content (AvgIpc) is 3.41. The van der Waals surface area contributed by atoms with E-state index in [9.17, 15) is 19.2 Å². The highest BCUT2D eigenvalue weighted by Crippen LogP contribution is 2.27. The van der Waals surface area contributed by atoms with Crippen molar-refractivity contribution >= 4 is 33.5 Å². The maximum Gasteiger partial charge on any atom is 0.333 e. The summed E-state index contributed by atoms with van der Waals surface area (Å²) in [7, 11) is 0. The zero-order chi connectivity index (χ0) is 34.7. The van der Waals surface area contributed by atoms with E-state index in [0.29, 0.717) is 34.9 Å². The Hall–Kier alpha value is -5.36. The molecule has 3 aromatic carbocycles. The first-order valence-corrected chi connectivity index (χ1v) is 16.8. The fourth-order valence-corrected chi connectivity index (χ4v) is 6.10. The summed E-state index contributed by atoms with van der Waals surface area (Å²) in [6.07, 6.45) is 3.68. The molecule has 0 fully saturated rings. The molecule has 0 bridgehead atoms. The molecule has 1 aliphatic heterocycles. The fraction of sp³-hybridized carbons (Fsp3) is 0.243. The molecule has 1 N–H and O–H groups in total. The first-order chi connectivity index (χ1) is 23.7. The molecule has 1 unspecified atom stereocenters. The van der Waals surface area contributed by atoms with E-state index in [2.05, 4.69) is 31.2 Å². The highest BCUT2D eigenvalue weighted by Gasteiger charge is 2.35. The monoisotopic (exact) mass is 722 g/mol. The minimum absolute atomic E-state index is 0.0358. The average molecular weight is 724 g/mol. The summed E-state index contributed by atoms with van der Waals surface area (Å²) >= 11 is 3.50. The standard InChI is InChI=1S/C37H35BrN6O5/c1-4-28(45)22-49-29-13-11-27(12-14-29)44-33(35(46)41-19-26-8-5-6-9-30(26)34-39-16-7-17-40-34)32-21-42(24(3)20-43(32)37(44)48)36(47)25-10-15-31(38)23(2)18-25/h5-18,24H,4,19-22H2,1-3H3,(H,41,46). The molecule has 0 radical (unpaired) electrons. The number of carbonyl (C=O) groups excluding carboxylic acids is 3. The summed E-state index contributed by atoms with van der Waals surface area (Å²) in [6.45, 7) is 5.92. The molecular weight excluding hydrogens is 688 g/mol. The van der Waals surface area contributed by atoms with Crippen molar-refractivity contribution in [1.29, 1.82) is 0 Å². The van der Waals surface area contributed by atoms with Crippen molar-refractivity contribution in [3.8, 4) is 22.8 Å². The van der Waals surface area contributed by atoms with Gasteiger partial charge in [0.25, 0.3) is 11.8 Å². The van der Waals surface area contributed by atoms with E-state index >= 15 is 0 Å². The molecule has 0 aliphatic carbocycles. The number of carbonyl (C=O) groups is 3. The highest BCUT2D eigenvalue weighted by molar-refractivity contribution is 9.10. The van der Waals surface area contributed by atoms with E-state index in [-0.39, 0.29) is 49.7 Å². The van der Waals surface area contributed by atoms with Crippen LogP contribution in [0.25, 0.3) is 17.1 Å². The molecule has 1 aliphatic rings. The molecule has 0 spiro atoms. The lowest BCUT2D eigenvalue weighted by Crippen LogP contribution is -2.47. The number of halogens is 1. The van der Waals surface area contributed by atoms with Crippen LogP contribution in [0.5, 0.6) is 5.75 Å². The zero-order valence-electron chi connectivity index (χ0n) is 27.4. The molecule has 0 saturated carbocycles. The van der Waals surface area contributed by atoms with Gasteiger partial charge in [0.05, 0.1) is 17.9 Å². The Morgan fingerprint density at radius 1 is 1.00 bits per heavy atom. The summed E-state index contributed by atoms with van der Waals surface area (Å²) < 4.78 is 9.46. The summed E-state index contributed by atoms with van der Waals surface area (Å²) in [6, 6.07) is 21.0. The quantitative estimate of drug-likeness (QED) is 0.202. The Bertz CT molecular complexity index is 2090. The Morgan fingerprint density at radius 2 is 1.73 bits per heavy atom. The molecule has 5 aromatic rings. The van der Waals surface area contributed by atoms with Gasteiger partial charge in [-0.1, -0.05) is 47.1 Å².